The Labute approximate surface area is 194 Å². The minimum Gasteiger partial charge on any atom is -0.486 e. The molecule has 5 rings (SSSR count). The van der Waals surface area contributed by atoms with Gasteiger partial charge in [0.2, 0.25) is 0 Å². The van der Waals surface area contributed by atoms with Crippen molar-refractivity contribution >= 4 is 5.78 Å². The van der Waals surface area contributed by atoms with E-state index < -0.39 is 0 Å². The SMILES string of the molecule is C[C@H](Oc1ccc2c(c1CCc1cccnc1)CCCC2=O)c1ccccc1-n1ccnc1. The summed E-state index contributed by atoms with van der Waals surface area (Å²) in [6.45, 7) is 2.07. The van der Waals surface area contributed by atoms with E-state index in [9.17, 15) is 4.79 Å². The molecule has 0 N–H and O–H groups in total. The van der Waals surface area contributed by atoms with E-state index in [4.69, 9.17) is 4.74 Å². The third-order valence-electron chi connectivity index (χ3n) is 6.37. The second-order valence-corrected chi connectivity index (χ2v) is 8.50. The fraction of sp³-hybridized carbons (Fsp3) is 0.250. The van der Waals surface area contributed by atoms with Gasteiger partial charge in [-0.1, -0.05) is 24.3 Å². The Hall–Kier alpha value is -3.73. The standard InChI is InChI=1S/C28H27N3O2/c1-20(22-7-2-3-9-26(22)31-17-16-30-19-31)33-28-14-13-24-23(8-4-10-27(24)32)25(28)12-11-21-6-5-15-29-18-21/h2-3,5-7,9,13-20H,4,8,10-12H2,1H3/t20-/m0/s1. The minimum absolute atomic E-state index is 0.168. The Kier molecular flexibility index (Phi) is 6.03. The number of rotatable bonds is 7. The fourth-order valence-corrected chi connectivity index (χ4v) is 4.70. The zero-order valence-corrected chi connectivity index (χ0v) is 18.8. The first-order chi connectivity index (χ1) is 16.2. The Balaban J connectivity index is 1.48. The molecule has 0 saturated heterocycles. The van der Waals surface area contributed by atoms with Crippen LogP contribution in [0.5, 0.6) is 5.75 Å². The van der Waals surface area contributed by atoms with E-state index in [0.717, 1.165) is 59.4 Å². The molecule has 1 aliphatic rings. The molecule has 0 bridgehead atoms. The molecule has 0 amide bonds. The molecule has 4 aromatic rings. The van der Waals surface area contributed by atoms with Gasteiger partial charge in [-0.3, -0.25) is 9.78 Å². The molecule has 2 aromatic carbocycles. The summed E-state index contributed by atoms with van der Waals surface area (Å²) in [7, 11) is 0. The Morgan fingerprint density at radius 2 is 1.91 bits per heavy atom. The van der Waals surface area contributed by atoms with Crippen LogP contribution in [0.25, 0.3) is 5.69 Å². The molecule has 1 atom stereocenters. The van der Waals surface area contributed by atoms with Crippen molar-refractivity contribution in [1.29, 1.82) is 0 Å². The molecular formula is C28H27N3O2. The molecule has 1 aliphatic carbocycles. The van der Waals surface area contributed by atoms with Crippen molar-refractivity contribution in [2.24, 2.45) is 0 Å². The van der Waals surface area contributed by atoms with E-state index in [1.165, 1.54) is 5.56 Å². The minimum atomic E-state index is -0.168. The molecule has 0 spiro atoms. The van der Waals surface area contributed by atoms with E-state index in [1.807, 2.05) is 47.3 Å². The number of nitrogens with zero attached hydrogens (tertiary/aromatic N) is 3. The van der Waals surface area contributed by atoms with E-state index in [-0.39, 0.29) is 11.9 Å². The number of carbonyl (C=O) groups is 1. The van der Waals surface area contributed by atoms with Gasteiger partial charge in [-0.25, -0.2) is 4.98 Å². The smallest absolute Gasteiger partial charge is 0.163 e. The summed E-state index contributed by atoms with van der Waals surface area (Å²) in [6.07, 6.45) is 13.2. The maximum atomic E-state index is 12.6. The van der Waals surface area contributed by atoms with Crippen molar-refractivity contribution in [3.63, 3.8) is 0 Å². The molecule has 166 valence electrons. The lowest BCUT2D eigenvalue weighted by molar-refractivity contribution is 0.0972. The molecule has 33 heavy (non-hydrogen) atoms. The van der Waals surface area contributed by atoms with Crippen molar-refractivity contribution in [3.05, 3.63) is 107 Å². The monoisotopic (exact) mass is 437 g/mol. The first-order valence-corrected chi connectivity index (χ1v) is 11.5. The van der Waals surface area contributed by atoms with Crippen LogP contribution >= 0.6 is 0 Å². The number of ketones is 1. The molecular weight excluding hydrogens is 410 g/mol. The predicted molar refractivity (Wildman–Crippen MR) is 128 cm³/mol. The highest BCUT2D eigenvalue weighted by Gasteiger charge is 2.24. The van der Waals surface area contributed by atoms with Crippen LogP contribution in [0.3, 0.4) is 0 Å². The zero-order chi connectivity index (χ0) is 22.6. The van der Waals surface area contributed by atoms with Crippen molar-refractivity contribution in [2.45, 2.75) is 45.1 Å². The van der Waals surface area contributed by atoms with Crippen LogP contribution in [0.15, 0.2) is 79.6 Å². The third kappa shape index (κ3) is 4.44. The van der Waals surface area contributed by atoms with Crippen LogP contribution in [0.1, 0.15) is 58.5 Å². The van der Waals surface area contributed by atoms with Gasteiger partial charge in [-0.05, 0) is 73.6 Å². The summed E-state index contributed by atoms with van der Waals surface area (Å²) in [5.74, 6) is 1.10. The summed E-state index contributed by atoms with van der Waals surface area (Å²) in [5, 5.41) is 0. The van der Waals surface area contributed by atoms with E-state index in [2.05, 4.69) is 35.1 Å². The van der Waals surface area contributed by atoms with Crippen LogP contribution < -0.4 is 4.74 Å². The van der Waals surface area contributed by atoms with Gasteiger partial charge in [-0.15, -0.1) is 0 Å². The van der Waals surface area contributed by atoms with Crippen molar-refractivity contribution in [3.8, 4) is 11.4 Å². The first-order valence-electron chi connectivity index (χ1n) is 11.5. The van der Waals surface area contributed by atoms with Gasteiger partial charge in [-0.2, -0.15) is 0 Å². The number of hydrogen-bond donors (Lipinski definition) is 0. The summed E-state index contributed by atoms with van der Waals surface area (Å²) in [5.41, 5.74) is 6.48. The van der Waals surface area contributed by atoms with Crippen LogP contribution in [-0.2, 0) is 19.3 Å². The maximum absolute atomic E-state index is 12.6. The number of imidazole rings is 1. The molecule has 0 radical (unpaired) electrons. The maximum Gasteiger partial charge on any atom is 0.163 e. The van der Waals surface area contributed by atoms with Gasteiger partial charge in [0.1, 0.15) is 11.9 Å². The topological polar surface area (TPSA) is 57.0 Å². The highest BCUT2D eigenvalue weighted by molar-refractivity contribution is 5.99. The molecule has 2 aromatic heterocycles. The number of aromatic nitrogens is 3. The van der Waals surface area contributed by atoms with Gasteiger partial charge in [0.05, 0.1) is 12.0 Å². The Morgan fingerprint density at radius 3 is 2.73 bits per heavy atom. The van der Waals surface area contributed by atoms with Crippen molar-refractivity contribution < 1.29 is 9.53 Å². The Morgan fingerprint density at radius 1 is 1.00 bits per heavy atom. The van der Waals surface area contributed by atoms with Crippen LogP contribution in [0, 0.1) is 0 Å². The van der Waals surface area contributed by atoms with Gasteiger partial charge >= 0.3 is 0 Å². The number of Topliss-reactive ketones (excluding diaryl/α,β-unsaturated/α-hetero) is 1. The molecule has 0 aliphatic heterocycles. The summed E-state index contributed by atoms with van der Waals surface area (Å²) >= 11 is 0. The number of fused-ring (bicyclic) bond motifs is 1. The van der Waals surface area contributed by atoms with E-state index in [1.54, 1.807) is 18.7 Å². The van der Waals surface area contributed by atoms with Crippen LogP contribution in [0.4, 0.5) is 0 Å². The lowest BCUT2D eigenvalue weighted by atomic mass is 9.85. The van der Waals surface area contributed by atoms with Crippen LogP contribution in [-0.4, -0.2) is 20.3 Å². The molecule has 0 saturated carbocycles. The van der Waals surface area contributed by atoms with Gasteiger partial charge in [0, 0.05) is 42.3 Å². The molecule has 5 heteroatoms. The number of para-hydroxylation sites is 1. The normalized spacial score (nSPS) is 14.0. The second kappa shape index (κ2) is 9.41. The van der Waals surface area contributed by atoms with Gasteiger partial charge in [0.25, 0.3) is 0 Å². The predicted octanol–water partition coefficient (Wildman–Crippen LogP) is 5.71. The largest absolute Gasteiger partial charge is 0.486 e. The molecule has 2 heterocycles. The molecule has 5 nitrogen and oxygen atoms in total. The summed E-state index contributed by atoms with van der Waals surface area (Å²) in [6, 6.07) is 16.2. The Bertz CT molecular complexity index is 1250. The average Bonchev–Trinajstić information content (AvgIpc) is 3.39. The van der Waals surface area contributed by atoms with Gasteiger partial charge in [0.15, 0.2) is 5.78 Å². The second-order valence-electron chi connectivity index (χ2n) is 8.50. The number of hydrogen-bond acceptors (Lipinski definition) is 4. The summed E-state index contributed by atoms with van der Waals surface area (Å²) < 4.78 is 8.60. The lowest BCUT2D eigenvalue weighted by Gasteiger charge is -2.25. The summed E-state index contributed by atoms with van der Waals surface area (Å²) in [4.78, 5) is 21.0. The lowest BCUT2D eigenvalue weighted by Crippen LogP contribution is -2.16. The van der Waals surface area contributed by atoms with E-state index >= 15 is 0 Å². The zero-order valence-electron chi connectivity index (χ0n) is 18.8. The number of pyridine rings is 1. The van der Waals surface area contributed by atoms with Gasteiger partial charge < -0.3 is 9.30 Å². The highest BCUT2D eigenvalue weighted by atomic mass is 16.5. The number of aryl methyl sites for hydroxylation is 1. The van der Waals surface area contributed by atoms with Crippen molar-refractivity contribution in [1.82, 2.24) is 14.5 Å². The molecule has 0 unspecified atom stereocenters. The number of carbonyl (C=O) groups excluding carboxylic acids is 1. The fourth-order valence-electron chi connectivity index (χ4n) is 4.70. The van der Waals surface area contributed by atoms with Crippen LogP contribution in [0.2, 0.25) is 0 Å². The highest BCUT2D eigenvalue weighted by Crippen LogP contribution is 2.35. The molecule has 0 fully saturated rings. The third-order valence-corrected chi connectivity index (χ3v) is 6.37. The average molecular weight is 438 g/mol. The van der Waals surface area contributed by atoms with Crippen molar-refractivity contribution in [2.75, 3.05) is 0 Å². The number of ether oxygens (including phenoxy) is 1. The van der Waals surface area contributed by atoms with E-state index in [0.29, 0.717) is 6.42 Å². The first kappa shape index (κ1) is 21.1. The number of benzene rings is 2. The quantitative estimate of drug-likeness (QED) is 0.371.